The molecule has 20 heavy (non-hydrogen) atoms. The Labute approximate surface area is 114 Å². The fraction of sp³-hybridized carbons (Fsp3) is 0.214. The van der Waals surface area contributed by atoms with Crippen molar-refractivity contribution >= 4 is 11.4 Å². The van der Waals surface area contributed by atoms with Gasteiger partial charge in [0, 0.05) is 18.9 Å². The van der Waals surface area contributed by atoms with Crippen LogP contribution in [0.3, 0.4) is 0 Å². The third kappa shape index (κ3) is 3.63. The number of nitrogens with zero attached hydrogens (tertiary/aromatic N) is 1. The smallest absolute Gasteiger partial charge is 0.397 e. The first-order chi connectivity index (χ1) is 9.47. The van der Waals surface area contributed by atoms with E-state index in [0.717, 1.165) is 24.1 Å². The number of nitrogens with one attached hydrogen (secondary N) is 1. The van der Waals surface area contributed by atoms with Crippen LogP contribution in [0.5, 0.6) is 0 Å². The van der Waals surface area contributed by atoms with Gasteiger partial charge in [0.05, 0.1) is 16.9 Å². The lowest BCUT2D eigenvalue weighted by molar-refractivity contribution is -0.137. The number of benzene rings is 1. The second-order valence-electron chi connectivity index (χ2n) is 4.33. The van der Waals surface area contributed by atoms with Crippen molar-refractivity contribution in [2.24, 2.45) is 0 Å². The molecule has 0 aliphatic rings. The van der Waals surface area contributed by atoms with Gasteiger partial charge in [0.15, 0.2) is 0 Å². The predicted molar refractivity (Wildman–Crippen MR) is 72.3 cm³/mol. The summed E-state index contributed by atoms with van der Waals surface area (Å²) in [5.74, 6) is 0. The van der Waals surface area contributed by atoms with Gasteiger partial charge < -0.3 is 11.1 Å². The topological polar surface area (TPSA) is 50.9 Å². The molecule has 0 unspecified atom stereocenters. The standard InChI is InChI=1S/C14H14F3N3/c15-14(16,17)11-1-2-13(12(18)9-11)20-8-5-10-3-6-19-7-4-10/h1-4,6-7,9,20H,5,8,18H2. The highest BCUT2D eigenvalue weighted by molar-refractivity contribution is 5.67. The summed E-state index contributed by atoms with van der Waals surface area (Å²) in [6.07, 6.45) is -0.240. The number of anilines is 2. The molecule has 0 amide bonds. The van der Waals surface area contributed by atoms with Crippen LogP contribution < -0.4 is 11.1 Å². The van der Waals surface area contributed by atoms with Gasteiger partial charge in [0.1, 0.15) is 0 Å². The number of pyridine rings is 1. The fourth-order valence-electron chi connectivity index (χ4n) is 1.79. The molecule has 0 atom stereocenters. The molecule has 0 bridgehead atoms. The molecule has 1 aromatic heterocycles. The van der Waals surface area contributed by atoms with Gasteiger partial charge in [-0.25, -0.2) is 0 Å². The Balaban J connectivity index is 1.97. The summed E-state index contributed by atoms with van der Waals surface area (Å²) in [4.78, 5) is 3.91. The summed E-state index contributed by atoms with van der Waals surface area (Å²) < 4.78 is 37.5. The van der Waals surface area contributed by atoms with E-state index < -0.39 is 11.7 Å². The maximum absolute atomic E-state index is 12.5. The zero-order valence-electron chi connectivity index (χ0n) is 10.6. The number of halogens is 3. The summed E-state index contributed by atoms with van der Waals surface area (Å²) >= 11 is 0. The largest absolute Gasteiger partial charge is 0.416 e. The van der Waals surface area contributed by atoms with Crippen molar-refractivity contribution in [1.29, 1.82) is 0 Å². The monoisotopic (exact) mass is 281 g/mol. The van der Waals surface area contributed by atoms with E-state index in [1.54, 1.807) is 12.4 Å². The van der Waals surface area contributed by atoms with Crippen molar-refractivity contribution in [3.8, 4) is 0 Å². The van der Waals surface area contributed by atoms with E-state index in [9.17, 15) is 13.2 Å². The third-order valence-electron chi connectivity index (χ3n) is 2.86. The Morgan fingerprint density at radius 3 is 2.40 bits per heavy atom. The van der Waals surface area contributed by atoms with Crippen LogP contribution in [0.25, 0.3) is 0 Å². The SMILES string of the molecule is Nc1cc(C(F)(F)F)ccc1NCCc1ccncc1. The Kier molecular flexibility index (Phi) is 4.12. The molecular weight excluding hydrogens is 267 g/mol. The van der Waals surface area contributed by atoms with Gasteiger partial charge in [-0.3, -0.25) is 4.98 Å². The molecular formula is C14H14F3N3. The lowest BCUT2D eigenvalue weighted by Crippen LogP contribution is -2.09. The summed E-state index contributed by atoms with van der Waals surface area (Å²) in [5, 5.41) is 3.03. The molecule has 0 aliphatic heterocycles. The molecule has 1 aromatic carbocycles. The fourth-order valence-corrected chi connectivity index (χ4v) is 1.79. The van der Waals surface area contributed by atoms with Crippen molar-refractivity contribution in [3.63, 3.8) is 0 Å². The molecule has 0 spiro atoms. The highest BCUT2D eigenvalue weighted by atomic mass is 19.4. The van der Waals surface area contributed by atoms with E-state index in [-0.39, 0.29) is 5.69 Å². The van der Waals surface area contributed by atoms with E-state index in [1.807, 2.05) is 12.1 Å². The van der Waals surface area contributed by atoms with Crippen molar-refractivity contribution in [2.75, 3.05) is 17.6 Å². The molecule has 6 heteroatoms. The number of hydrogen-bond acceptors (Lipinski definition) is 3. The maximum Gasteiger partial charge on any atom is 0.416 e. The van der Waals surface area contributed by atoms with Crippen LogP contribution in [-0.4, -0.2) is 11.5 Å². The molecule has 0 saturated carbocycles. The van der Waals surface area contributed by atoms with E-state index in [0.29, 0.717) is 12.2 Å². The van der Waals surface area contributed by atoms with Crippen LogP contribution in [0.2, 0.25) is 0 Å². The highest BCUT2D eigenvalue weighted by Gasteiger charge is 2.30. The molecule has 0 radical (unpaired) electrons. The van der Waals surface area contributed by atoms with Crippen LogP contribution >= 0.6 is 0 Å². The summed E-state index contributed by atoms with van der Waals surface area (Å²) in [7, 11) is 0. The Morgan fingerprint density at radius 1 is 1.10 bits per heavy atom. The first kappa shape index (κ1) is 14.2. The molecule has 2 rings (SSSR count). The molecule has 1 heterocycles. The lowest BCUT2D eigenvalue weighted by atomic mass is 10.1. The summed E-state index contributed by atoms with van der Waals surface area (Å²) in [6, 6.07) is 7.08. The average molecular weight is 281 g/mol. The molecule has 0 saturated heterocycles. The van der Waals surface area contributed by atoms with Gasteiger partial charge in [-0.1, -0.05) is 0 Å². The minimum absolute atomic E-state index is 0.0922. The van der Waals surface area contributed by atoms with Gasteiger partial charge in [-0.2, -0.15) is 13.2 Å². The molecule has 0 fully saturated rings. The van der Waals surface area contributed by atoms with E-state index in [4.69, 9.17) is 5.73 Å². The van der Waals surface area contributed by atoms with Crippen LogP contribution in [-0.2, 0) is 12.6 Å². The predicted octanol–water partition coefficient (Wildman–Crippen LogP) is 3.34. The number of alkyl halides is 3. The van der Waals surface area contributed by atoms with Crippen LogP contribution in [0.15, 0.2) is 42.7 Å². The van der Waals surface area contributed by atoms with Gasteiger partial charge >= 0.3 is 6.18 Å². The zero-order chi connectivity index (χ0) is 14.6. The normalized spacial score (nSPS) is 11.3. The minimum Gasteiger partial charge on any atom is -0.397 e. The lowest BCUT2D eigenvalue weighted by Gasteiger charge is -2.12. The minimum atomic E-state index is -4.37. The van der Waals surface area contributed by atoms with Crippen LogP contribution in [0, 0.1) is 0 Å². The van der Waals surface area contributed by atoms with Gasteiger partial charge in [0.25, 0.3) is 0 Å². The third-order valence-corrected chi connectivity index (χ3v) is 2.86. The molecule has 3 nitrogen and oxygen atoms in total. The molecule has 2 aromatic rings. The number of nitrogens with two attached hydrogens (primary N) is 1. The Morgan fingerprint density at radius 2 is 1.80 bits per heavy atom. The quantitative estimate of drug-likeness (QED) is 0.845. The number of aromatic nitrogens is 1. The first-order valence-electron chi connectivity index (χ1n) is 6.06. The Hall–Kier alpha value is -2.24. The van der Waals surface area contributed by atoms with E-state index in [2.05, 4.69) is 10.3 Å². The van der Waals surface area contributed by atoms with E-state index >= 15 is 0 Å². The van der Waals surface area contributed by atoms with Crippen molar-refractivity contribution < 1.29 is 13.2 Å². The maximum atomic E-state index is 12.5. The highest BCUT2D eigenvalue weighted by Crippen LogP contribution is 2.32. The van der Waals surface area contributed by atoms with Crippen LogP contribution in [0.1, 0.15) is 11.1 Å². The average Bonchev–Trinajstić information content (AvgIpc) is 2.40. The second-order valence-corrected chi connectivity index (χ2v) is 4.33. The van der Waals surface area contributed by atoms with Crippen molar-refractivity contribution in [3.05, 3.63) is 53.9 Å². The number of nitrogen functional groups attached to an aromatic ring is 1. The first-order valence-corrected chi connectivity index (χ1v) is 6.06. The van der Waals surface area contributed by atoms with Crippen molar-refractivity contribution in [1.82, 2.24) is 4.98 Å². The second kappa shape index (κ2) is 5.81. The number of rotatable bonds is 4. The van der Waals surface area contributed by atoms with Gasteiger partial charge in [-0.05, 0) is 42.3 Å². The van der Waals surface area contributed by atoms with E-state index in [1.165, 1.54) is 6.07 Å². The molecule has 3 N–H and O–H groups in total. The van der Waals surface area contributed by atoms with Gasteiger partial charge in [0.2, 0.25) is 0 Å². The molecule has 106 valence electrons. The van der Waals surface area contributed by atoms with Crippen molar-refractivity contribution in [2.45, 2.75) is 12.6 Å². The Bertz CT molecular complexity index is 568. The van der Waals surface area contributed by atoms with Crippen LogP contribution in [0.4, 0.5) is 24.5 Å². The zero-order valence-corrected chi connectivity index (χ0v) is 10.6. The number of hydrogen-bond donors (Lipinski definition) is 2. The summed E-state index contributed by atoms with van der Waals surface area (Å²) in [5.41, 5.74) is 6.58. The molecule has 0 aliphatic carbocycles. The summed E-state index contributed by atoms with van der Waals surface area (Å²) in [6.45, 7) is 0.583. The van der Waals surface area contributed by atoms with Gasteiger partial charge in [-0.15, -0.1) is 0 Å².